The summed E-state index contributed by atoms with van der Waals surface area (Å²) in [4.78, 5) is 14.9. The van der Waals surface area contributed by atoms with E-state index in [4.69, 9.17) is 14.7 Å². The standard InChI is InChI=1S/C26H24F2N6O2/c1-14(35)16-11-20-21(12-23(16)36-2)31-25(30-20)18-13-29-34-9-7-24(32-26(18)34)33-8-3-4-22(33)17-10-15(27)5-6-19(17)28/h5-7,9-14,22,35H,3-4,8H2,1-2H3,(H,30,31)/t14?,22-/m1/s1. The maximum absolute atomic E-state index is 14.6. The number of aromatic nitrogens is 5. The van der Waals surface area contributed by atoms with E-state index in [2.05, 4.69) is 10.1 Å². The molecule has 8 nitrogen and oxygen atoms in total. The van der Waals surface area contributed by atoms with Crippen LogP contribution in [0.3, 0.4) is 0 Å². The molecule has 1 saturated heterocycles. The van der Waals surface area contributed by atoms with Gasteiger partial charge in [0.1, 0.15) is 29.0 Å². The number of benzene rings is 2. The highest BCUT2D eigenvalue weighted by Crippen LogP contribution is 2.37. The molecule has 6 rings (SSSR count). The number of hydrogen-bond acceptors (Lipinski definition) is 6. The number of rotatable bonds is 5. The van der Waals surface area contributed by atoms with Crippen molar-refractivity contribution in [2.75, 3.05) is 18.6 Å². The fourth-order valence-corrected chi connectivity index (χ4v) is 5.01. The number of aliphatic hydroxyl groups excluding tert-OH is 1. The summed E-state index contributed by atoms with van der Waals surface area (Å²) in [6.45, 7) is 2.36. The normalized spacial score (nSPS) is 16.8. The zero-order chi connectivity index (χ0) is 25.0. The third kappa shape index (κ3) is 3.65. The van der Waals surface area contributed by atoms with Gasteiger partial charge in [-0.2, -0.15) is 5.10 Å². The molecule has 184 valence electrons. The van der Waals surface area contributed by atoms with Gasteiger partial charge in [0, 0.05) is 29.9 Å². The summed E-state index contributed by atoms with van der Waals surface area (Å²) in [6.07, 6.45) is 4.33. The monoisotopic (exact) mass is 490 g/mol. The third-order valence-corrected chi connectivity index (χ3v) is 6.76. The first-order valence-electron chi connectivity index (χ1n) is 11.7. The molecule has 2 aromatic carbocycles. The topological polar surface area (TPSA) is 91.6 Å². The largest absolute Gasteiger partial charge is 0.496 e. The van der Waals surface area contributed by atoms with Crippen molar-refractivity contribution in [3.63, 3.8) is 0 Å². The van der Waals surface area contributed by atoms with Crippen LogP contribution in [-0.4, -0.2) is 43.3 Å². The predicted molar refractivity (Wildman–Crippen MR) is 131 cm³/mol. The molecule has 5 aromatic rings. The van der Waals surface area contributed by atoms with Crippen LogP contribution in [0.4, 0.5) is 14.6 Å². The third-order valence-electron chi connectivity index (χ3n) is 6.76. The number of methoxy groups -OCH3 is 1. The van der Waals surface area contributed by atoms with Gasteiger partial charge in [0.2, 0.25) is 0 Å². The van der Waals surface area contributed by atoms with Crippen molar-refractivity contribution in [1.82, 2.24) is 24.6 Å². The van der Waals surface area contributed by atoms with Crippen molar-refractivity contribution < 1.29 is 18.6 Å². The first-order chi connectivity index (χ1) is 17.4. The van der Waals surface area contributed by atoms with Gasteiger partial charge in [-0.25, -0.2) is 23.3 Å². The van der Waals surface area contributed by atoms with Gasteiger partial charge in [-0.05, 0) is 50.1 Å². The van der Waals surface area contributed by atoms with Gasteiger partial charge in [0.05, 0.1) is 42.0 Å². The summed E-state index contributed by atoms with van der Waals surface area (Å²) >= 11 is 0. The molecule has 1 unspecified atom stereocenters. The summed E-state index contributed by atoms with van der Waals surface area (Å²) in [5.74, 6) is 0.905. The molecule has 0 saturated carbocycles. The molecule has 0 bridgehead atoms. The van der Waals surface area contributed by atoms with Crippen LogP contribution in [0.25, 0.3) is 28.1 Å². The summed E-state index contributed by atoms with van der Waals surface area (Å²) in [5, 5.41) is 14.5. The number of aliphatic hydroxyl groups is 1. The Morgan fingerprint density at radius 2 is 2.03 bits per heavy atom. The van der Waals surface area contributed by atoms with E-state index in [1.54, 1.807) is 37.0 Å². The molecule has 0 radical (unpaired) electrons. The molecule has 3 aromatic heterocycles. The quantitative estimate of drug-likeness (QED) is 0.362. The van der Waals surface area contributed by atoms with Gasteiger partial charge in [0.25, 0.3) is 0 Å². The molecule has 4 heterocycles. The lowest BCUT2D eigenvalue weighted by atomic mass is 10.0. The minimum atomic E-state index is -0.700. The molecule has 0 amide bonds. The molecule has 1 aliphatic rings. The van der Waals surface area contributed by atoms with Gasteiger partial charge in [-0.1, -0.05) is 0 Å². The van der Waals surface area contributed by atoms with Crippen LogP contribution in [0.15, 0.2) is 48.8 Å². The summed E-state index contributed by atoms with van der Waals surface area (Å²) in [5.41, 5.74) is 3.70. The van der Waals surface area contributed by atoms with Crippen molar-refractivity contribution in [3.8, 4) is 17.1 Å². The summed E-state index contributed by atoms with van der Waals surface area (Å²) in [7, 11) is 1.55. The number of H-pyrrole nitrogens is 1. The molecule has 2 N–H and O–H groups in total. The Hall–Kier alpha value is -4.05. The van der Waals surface area contributed by atoms with Crippen LogP contribution in [0, 0.1) is 11.6 Å². The van der Waals surface area contributed by atoms with E-state index in [-0.39, 0.29) is 6.04 Å². The second-order valence-corrected chi connectivity index (χ2v) is 9.00. The van der Waals surface area contributed by atoms with Crippen LogP contribution in [0.2, 0.25) is 0 Å². The second kappa shape index (κ2) is 8.56. The Kier molecular flexibility index (Phi) is 5.33. The lowest BCUT2D eigenvalue weighted by molar-refractivity contribution is 0.194. The predicted octanol–water partition coefficient (Wildman–Crippen LogP) is 4.95. The highest BCUT2D eigenvalue weighted by Gasteiger charge is 2.30. The van der Waals surface area contributed by atoms with Crippen molar-refractivity contribution in [2.45, 2.75) is 31.9 Å². The number of hydrogen-bond donors (Lipinski definition) is 2. The van der Waals surface area contributed by atoms with Crippen molar-refractivity contribution in [2.24, 2.45) is 0 Å². The first kappa shape index (κ1) is 22.4. The molecular weight excluding hydrogens is 466 g/mol. The number of anilines is 1. The Bertz CT molecular complexity index is 1590. The molecule has 1 aliphatic heterocycles. The minimum Gasteiger partial charge on any atom is -0.496 e. The number of imidazole rings is 1. The molecule has 36 heavy (non-hydrogen) atoms. The fourth-order valence-electron chi connectivity index (χ4n) is 5.01. The van der Waals surface area contributed by atoms with E-state index in [0.29, 0.717) is 58.2 Å². The molecule has 2 atom stereocenters. The average molecular weight is 491 g/mol. The maximum Gasteiger partial charge on any atom is 0.168 e. The smallest absolute Gasteiger partial charge is 0.168 e. The number of halogens is 2. The molecule has 0 spiro atoms. The lowest BCUT2D eigenvalue weighted by Crippen LogP contribution is -2.24. The number of nitrogens with one attached hydrogen (secondary N) is 1. The van der Waals surface area contributed by atoms with Crippen LogP contribution in [0.1, 0.15) is 43.0 Å². The summed E-state index contributed by atoms with van der Waals surface area (Å²) < 4.78 is 35.5. The van der Waals surface area contributed by atoms with Gasteiger partial charge in [-0.3, -0.25) is 0 Å². The van der Waals surface area contributed by atoms with Crippen LogP contribution < -0.4 is 9.64 Å². The average Bonchev–Trinajstić information content (AvgIpc) is 3.61. The first-order valence-corrected chi connectivity index (χ1v) is 11.7. The van der Waals surface area contributed by atoms with E-state index in [9.17, 15) is 13.9 Å². The van der Waals surface area contributed by atoms with Crippen LogP contribution >= 0.6 is 0 Å². The lowest BCUT2D eigenvalue weighted by Gasteiger charge is -2.26. The number of aromatic amines is 1. The van der Waals surface area contributed by atoms with E-state index >= 15 is 0 Å². The Balaban J connectivity index is 1.42. The molecule has 10 heteroatoms. The van der Waals surface area contributed by atoms with Crippen molar-refractivity contribution >= 4 is 22.5 Å². The van der Waals surface area contributed by atoms with Gasteiger partial charge in [0.15, 0.2) is 5.65 Å². The van der Waals surface area contributed by atoms with E-state index in [1.165, 1.54) is 12.1 Å². The van der Waals surface area contributed by atoms with E-state index in [0.717, 1.165) is 18.0 Å². The Morgan fingerprint density at radius 3 is 2.83 bits per heavy atom. The second-order valence-electron chi connectivity index (χ2n) is 9.00. The summed E-state index contributed by atoms with van der Waals surface area (Å²) in [6, 6.07) is 8.70. The van der Waals surface area contributed by atoms with Gasteiger partial charge < -0.3 is 19.7 Å². The Labute approximate surface area is 205 Å². The van der Waals surface area contributed by atoms with E-state index in [1.807, 2.05) is 17.0 Å². The minimum absolute atomic E-state index is 0.306. The zero-order valence-corrected chi connectivity index (χ0v) is 19.7. The number of ether oxygens (including phenoxy) is 1. The molecule has 1 fully saturated rings. The molecule has 0 aliphatic carbocycles. The van der Waals surface area contributed by atoms with Gasteiger partial charge in [-0.15, -0.1) is 0 Å². The van der Waals surface area contributed by atoms with Gasteiger partial charge >= 0.3 is 0 Å². The van der Waals surface area contributed by atoms with Crippen molar-refractivity contribution in [3.05, 3.63) is 71.6 Å². The number of nitrogens with zero attached hydrogens (tertiary/aromatic N) is 5. The fraction of sp³-hybridized carbons (Fsp3) is 0.269. The number of fused-ring (bicyclic) bond motifs is 2. The van der Waals surface area contributed by atoms with Crippen LogP contribution in [0.5, 0.6) is 5.75 Å². The van der Waals surface area contributed by atoms with E-state index < -0.39 is 17.7 Å². The molecular formula is C26H24F2N6O2. The maximum atomic E-state index is 14.6. The SMILES string of the molecule is COc1cc2nc(-c3cnn4ccc(N5CCC[C@@H]5c5cc(F)ccc5F)nc34)[nH]c2cc1C(C)O. The zero-order valence-electron chi connectivity index (χ0n) is 19.7. The van der Waals surface area contributed by atoms with Crippen molar-refractivity contribution in [1.29, 1.82) is 0 Å². The van der Waals surface area contributed by atoms with Crippen LogP contribution in [-0.2, 0) is 0 Å². The Morgan fingerprint density at radius 1 is 1.17 bits per heavy atom. The highest BCUT2D eigenvalue weighted by molar-refractivity contribution is 5.85. The highest BCUT2D eigenvalue weighted by atomic mass is 19.1.